The molecule has 2 saturated heterocycles. The normalized spacial score (nSPS) is 29.6. The maximum Gasteiger partial charge on any atom is 0.236 e. The third-order valence-corrected chi connectivity index (χ3v) is 5.17. The Kier molecular flexibility index (Phi) is 4.08. The van der Waals surface area contributed by atoms with Gasteiger partial charge in [-0.1, -0.05) is 0 Å². The highest BCUT2D eigenvalue weighted by molar-refractivity contribution is 5.78. The van der Waals surface area contributed by atoms with Crippen LogP contribution in [0, 0.1) is 5.92 Å². The van der Waals surface area contributed by atoms with Crippen molar-refractivity contribution in [3.63, 3.8) is 0 Å². The van der Waals surface area contributed by atoms with Crippen LogP contribution in [-0.2, 0) is 4.79 Å². The molecule has 0 radical (unpaired) electrons. The van der Waals surface area contributed by atoms with Gasteiger partial charge in [0.25, 0.3) is 0 Å². The average molecular weight is 265 g/mol. The molecule has 3 aliphatic rings. The van der Waals surface area contributed by atoms with Gasteiger partial charge in [0, 0.05) is 19.1 Å². The minimum Gasteiger partial charge on any atom is -0.342 e. The number of hydrogen-bond donors (Lipinski definition) is 1. The van der Waals surface area contributed by atoms with Crippen LogP contribution in [0.4, 0.5) is 0 Å². The van der Waals surface area contributed by atoms with Gasteiger partial charge >= 0.3 is 0 Å². The highest BCUT2D eigenvalue weighted by Gasteiger charge is 2.35. The Morgan fingerprint density at radius 3 is 2.63 bits per heavy atom. The first kappa shape index (κ1) is 13.4. The minimum atomic E-state index is 0.336. The monoisotopic (exact) mass is 265 g/mol. The molecule has 3 fully saturated rings. The van der Waals surface area contributed by atoms with Crippen LogP contribution >= 0.6 is 0 Å². The molecule has 2 heterocycles. The molecule has 19 heavy (non-hydrogen) atoms. The minimum absolute atomic E-state index is 0.336. The molecule has 4 nitrogen and oxygen atoms in total. The second-order valence-corrected chi connectivity index (χ2v) is 6.50. The van der Waals surface area contributed by atoms with Gasteiger partial charge in [0.2, 0.25) is 5.91 Å². The topological polar surface area (TPSA) is 35.6 Å². The van der Waals surface area contributed by atoms with Gasteiger partial charge in [0.1, 0.15) is 0 Å². The van der Waals surface area contributed by atoms with Crippen molar-refractivity contribution in [1.82, 2.24) is 15.1 Å². The summed E-state index contributed by atoms with van der Waals surface area (Å²) in [4.78, 5) is 16.7. The lowest BCUT2D eigenvalue weighted by molar-refractivity contribution is -0.132. The van der Waals surface area contributed by atoms with E-state index in [4.69, 9.17) is 0 Å². The van der Waals surface area contributed by atoms with E-state index in [0.29, 0.717) is 24.5 Å². The van der Waals surface area contributed by atoms with Crippen LogP contribution in [0.2, 0.25) is 0 Å². The molecule has 0 aromatic rings. The Bertz CT molecular complexity index is 323. The number of nitrogens with one attached hydrogen (secondary N) is 1. The Morgan fingerprint density at radius 1 is 1.21 bits per heavy atom. The van der Waals surface area contributed by atoms with Crippen molar-refractivity contribution < 1.29 is 4.79 Å². The molecule has 0 bridgehead atoms. The third-order valence-electron chi connectivity index (χ3n) is 5.17. The second kappa shape index (κ2) is 5.80. The molecule has 0 spiro atoms. The number of likely N-dealkylation sites (N-methyl/N-ethyl adjacent to an activating group) is 1. The number of nitrogens with zero attached hydrogens (tertiary/aromatic N) is 2. The van der Waals surface area contributed by atoms with E-state index in [0.717, 1.165) is 25.6 Å². The standard InChI is InChI=1S/C15H27N3O/c1-17(13-4-5-13)15(19)11-18-10-2-3-14(18)12-6-8-16-9-7-12/h12-14,16H,2-11H2,1H3. The van der Waals surface area contributed by atoms with Gasteiger partial charge in [-0.05, 0) is 64.1 Å². The van der Waals surface area contributed by atoms with Crippen molar-refractivity contribution in [3.05, 3.63) is 0 Å². The molecule has 1 aliphatic carbocycles. The SMILES string of the molecule is CN(C(=O)CN1CCCC1C1CCNCC1)C1CC1. The molecule has 108 valence electrons. The van der Waals surface area contributed by atoms with Crippen LogP contribution in [0.1, 0.15) is 38.5 Å². The maximum atomic E-state index is 12.3. The first-order valence-electron chi connectivity index (χ1n) is 7.96. The van der Waals surface area contributed by atoms with E-state index < -0.39 is 0 Å². The lowest BCUT2D eigenvalue weighted by Gasteiger charge is -2.34. The molecule has 1 unspecified atom stereocenters. The molecular weight excluding hydrogens is 238 g/mol. The summed E-state index contributed by atoms with van der Waals surface area (Å²) in [7, 11) is 1.98. The highest BCUT2D eigenvalue weighted by Crippen LogP contribution is 2.30. The van der Waals surface area contributed by atoms with Crippen LogP contribution in [0.15, 0.2) is 0 Å². The largest absolute Gasteiger partial charge is 0.342 e. The van der Waals surface area contributed by atoms with Gasteiger partial charge in [0.05, 0.1) is 6.54 Å². The summed E-state index contributed by atoms with van der Waals surface area (Å²) in [5.41, 5.74) is 0. The predicted octanol–water partition coefficient (Wildman–Crippen LogP) is 1.07. The van der Waals surface area contributed by atoms with Crippen molar-refractivity contribution in [3.8, 4) is 0 Å². The lowest BCUT2D eigenvalue weighted by atomic mass is 9.89. The summed E-state index contributed by atoms with van der Waals surface area (Å²) in [5, 5.41) is 3.44. The number of rotatable bonds is 4. The second-order valence-electron chi connectivity index (χ2n) is 6.50. The van der Waals surface area contributed by atoms with Crippen LogP contribution in [0.25, 0.3) is 0 Å². The molecule has 1 atom stereocenters. The van der Waals surface area contributed by atoms with Gasteiger partial charge in [0.15, 0.2) is 0 Å². The summed E-state index contributed by atoms with van der Waals surface area (Å²) >= 11 is 0. The van der Waals surface area contributed by atoms with E-state index >= 15 is 0 Å². The Morgan fingerprint density at radius 2 is 1.95 bits per heavy atom. The maximum absolute atomic E-state index is 12.3. The molecule has 2 aliphatic heterocycles. The summed E-state index contributed by atoms with van der Waals surface area (Å²) in [6.07, 6.45) is 7.56. The van der Waals surface area contributed by atoms with E-state index in [1.807, 2.05) is 11.9 Å². The van der Waals surface area contributed by atoms with E-state index in [-0.39, 0.29) is 0 Å². The number of amides is 1. The van der Waals surface area contributed by atoms with Crippen LogP contribution < -0.4 is 5.32 Å². The van der Waals surface area contributed by atoms with Gasteiger partial charge in [-0.25, -0.2) is 0 Å². The number of carbonyl (C=O) groups excluding carboxylic acids is 1. The quantitative estimate of drug-likeness (QED) is 0.826. The average Bonchev–Trinajstić information content (AvgIpc) is 3.19. The number of hydrogen-bond acceptors (Lipinski definition) is 3. The fourth-order valence-electron chi connectivity index (χ4n) is 3.76. The third kappa shape index (κ3) is 3.11. The van der Waals surface area contributed by atoms with Crippen LogP contribution in [0.5, 0.6) is 0 Å². The Hall–Kier alpha value is -0.610. The van der Waals surface area contributed by atoms with Crippen molar-refractivity contribution in [2.45, 2.75) is 50.6 Å². The molecule has 1 saturated carbocycles. The lowest BCUT2D eigenvalue weighted by Crippen LogP contribution is -2.45. The molecule has 1 N–H and O–H groups in total. The van der Waals surface area contributed by atoms with Gasteiger partial charge in [-0.3, -0.25) is 9.69 Å². The van der Waals surface area contributed by atoms with Crippen LogP contribution in [0.3, 0.4) is 0 Å². The summed E-state index contributed by atoms with van der Waals surface area (Å²) < 4.78 is 0. The van der Waals surface area contributed by atoms with E-state index in [2.05, 4.69) is 10.2 Å². The van der Waals surface area contributed by atoms with Crippen molar-refractivity contribution in [2.24, 2.45) is 5.92 Å². The van der Waals surface area contributed by atoms with Gasteiger partial charge in [-0.2, -0.15) is 0 Å². The summed E-state index contributed by atoms with van der Waals surface area (Å²) in [6, 6.07) is 1.21. The molecule has 4 heteroatoms. The summed E-state index contributed by atoms with van der Waals surface area (Å²) in [6.45, 7) is 4.09. The molecule has 0 aromatic carbocycles. The van der Waals surface area contributed by atoms with Crippen molar-refractivity contribution in [1.29, 1.82) is 0 Å². The zero-order valence-electron chi connectivity index (χ0n) is 12.1. The fourth-order valence-corrected chi connectivity index (χ4v) is 3.76. The zero-order valence-corrected chi connectivity index (χ0v) is 12.1. The van der Waals surface area contributed by atoms with Crippen molar-refractivity contribution in [2.75, 3.05) is 33.2 Å². The number of carbonyl (C=O) groups is 1. The van der Waals surface area contributed by atoms with E-state index in [1.54, 1.807) is 0 Å². The van der Waals surface area contributed by atoms with Crippen molar-refractivity contribution >= 4 is 5.91 Å². The van der Waals surface area contributed by atoms with E-state index in [1.165, 1.54) is 38.5 Å². The Labute approximate surface area is 116 Å². The van der Waals surface area contributed by atoms with Crippen LogP contribution in [-0.4, -0.2) is 61.0 Å². The van der Waals surface area contributed by atoms with Gasteiger partial charge < -0.3 is 10.2 Å². The molecular formula is C15H27N3O. The highest BCUT2D eigenvalue weighted by atomic mass is 16.2. The first-order chi connectivity index (χ1) is 9.25. The molecule has 0 aromatic heterocycles. The van der Waals surface area contributed by atoms with Gasteiger partial charge in [-0.15, -0.1) is 0 Å². The number of piperidine rings is 1. The summed E-state index contributed by atoms with van der Waals surface area (Å²) in [5.74, 6) is 1.14. The zero-order chi connectivity index (χ0) is 13.2. The fraction of sp³-hybridized carbons (Fsp3) is 0.933. The Balaban J connectivity index is 1.54. The molecule has 1 amide bonds. The number of likely N-dealkylation sites (tertiary alicyclic amines) is 1. The predicted molar refractivity (Wildman–Crippen MR) is 76.0 cm³/mol. The molecule has 3 rings (SSSR count). The smallest absolute Gasteiger partial charge is 0.236 e. The van der Waals surface area contributed by atoms with E-state index in [9.17, 15) is 4.79 Å². The first-order valence-corrected chi connectivity index (χ1v) is 7.96.